The number of rotatable bonds is 6. The van der Waals surface area contributed by atoms with E-state index in [-0.39, 0.29) is 57.8 Å². The highest BCUT2D eigenvalue weighted by atomic mass is 16.5. The van der Waals surface area contributed by atoms with Crippen molar-refractivity contribution in [3.63, 3.8) is 0 Å². The van der Waals surface area contributed by atoms with Gasteiger partial charge in [-0.1, -0.05) is 93.9 Å². The number of ketones is 1. The van der Waals surface area contributed by atoms with Crippen molar-refractivity contribution in [2.24, 2.45) is 50.2 Å². The van der Waals surface area contributed by atoms with Crippen LogP contribution >= 0.6 is 0 Å². The van der Waals surface area contributed by atoms with E-state index < -0.39 is 22.3 Å². The monoisotopic (exact) mass is 744 g/mol. The highest BCUT2D eigenvalue weighted by molar-refractivity contribution is 5.96. The number of benzene rings is 2. The zero-order valence-corrected chi connectivity index (χ0v) is 34.2. The number of ether oxygens (including phenoxy) is 2. The smallest absolute Gasteiger partial charge is 0.314 e. The summed E-state index contributed by atoms with van der Waals surface area (Å²) in [6.45, 7) is 15.8. The summed E-state index contributed by atoms with van der Waals surface area (Å²) in [5, 5.41) is 4.70. The van der Waals surface area contributed by atoms with E-state index in [0.29, 0.717) is 6.42 Å². The number of hydrogen-bond donors (Lipinski definition) is 0. The van der Waals surface area contributed by atoms with Gasteiger partial charge in [-0.25, -0.2) is 0 Å². The predicted octanol–water partition coefficient (Wildman–Crippen LogP) is 10.2. The van der Waals surface area contributed by atoms with E-state index in [4.69, 9.17) is 14.6 Å². The molecule has 2 aromatic carbocycles. The average molecular weight is 745 g/mol. The van der Waals surface area contributed by atoms with Crippen LogP contribution in [-0.2, 0) is 23.9 Å². The summed E-state index contributed by atoms with van der Waals surface area (Å²) in [7, 11) is 1.50. The Morgan fingerprint density at radius 1 is 0.800 bits per heavy atom. The van der Waals surface area contributed by atoms with E-state index in [1.807, 2.05) is 84.5 Å². The lowest BCUT2D eigenvalue weighted by Crippen LogP contribution is -2.67. The van der Waals surface area contributed by atoms with Crippen molar-refractivity contribution < 1.29 is 23.9 Å². The fourth-order valence-electron chi connectivity index (χ4n) is 13.5. The van der Waals surface area contributed by atoms with Crippen LogP contribution in [0.2, 0.25) is 0 Å². The summed E-state index contributed by atoms with van der Waals surface area (Å²) < 4.78 is 14.2. The van der Waals surface area contributed by atoms with Crippen molar-refractivity contribution in [2.45, 2.75) is 118 Å². The molecule has 1 aromatic heterocycles. The first-order valence-corrected chi connectivity index (χ1v) is 20.7. The van der Waals surface area contributed by atoms with Crippen molar-refractivity contribution >= 4 is 17.7 Å². The molecule has 292 valence electrons. The maximum Gasteiger partial charge on any atom is 0.314 e. The van der Waals surface area contributed by atoms with Crippen molar-refractivity contribution in [2.75, 3.05) is 7.11 Å². The Balaban J connectivity index is 1.14. The maximum atomic E-state index is 15.1. The molecule has 0 bridgehead atoms. The SMILES string of the molecule is COC(=O)[C@]1(C)[C@@H](n2nccc2C)CC[C@]2(C)C3C(=O)C=C4[C@@H]5C[C@@](C)(C(=O)OC(c6ccccc6)c6ccccc6)CC[C@]5(C)CC[C@@]4(C)[C@]3(C)CC[C@@H]12. The van der Waals surface area contributed by atoms with Crippen molar-refractivity contribution in [3.8, 4) is 0 Å². The van der Waals surface area contributed by atoms with Crippen LogP contribution in [-0.4, -0.2) is 34.6 Å². The summed E-state index contributed by atoms with van der Waals surface area (Å²) in [5.74, 6) is -0.338. The summed E-state index contributed by atoms with van der Waals surface area (Å²) in [6.07, 6.45) is 11.1. The Morgan fingerprint density at radius 2 is 1.44 bits per heavy atom. The van der Waals surface area contributed by atoms with Gasteiger partial charge < -0.3 is 9.47 Å². The van der Waals surface area contributed by atoms with E-state index in [1.165, 1.54) is 12.7 Å². The van der Waals surface area contributed by atoms with Gasteiger partial charge in [-0.05, 0) is 135 Å². The summed E-state index contributed by atoms with van der Waals surface area (Å²) in [6, 6.07) is 21.9. The van der Waals surface area contributed by atoms with Gasteiger partial charge in [0.05, 0.1) is 24.0 Å². The van der Waals surface area contributed by atoms with Gasteiger partial charge >= 0.3 is 11.9 Å². The molecular weight excluding hydrogens is 685 g/mol. The third-order valence-electron chi connectivity index (χ3n) is 16.9. The van der Waals surface area contributed by atoms with E-state index in [2.05, 4.69) is 47.6 Å². The Bertz CT molecular complexity index is 1980. The second kappa shape index (κ2) is 13.0. The third-order valence-corrected chi connectivity index (χ3v) is 16.9. The van der Waals surface area contributed by atoms with Crippen LogP contribution in [0.4, 0.5) is 0 Å². The Hall–Kier alpha value is -4.00. The number of allylic oxidation sites excluding steroid dienone is 2. The number of fused-ring (bicyclic) bond motifs is 7. The molecule has 7 heteroatoms. The highest BCUT2D eigenvalue weighted by Gasteiger charge is 2.72. The molecular formula is C48H60N2O5. The van der Waals surface area contributed by atoms with E-state index >= 15 is 4.79 Å². The quantitative estimate of drug-likeness (QED) is 0.234. The first-order valence-electron chi connectivity index (χ1n) is 20.7. The minimum Gasteiger partial charge on any atom is -0.469 e. The van der Waals surface area contributed by atoms with E-state index in [1.54, 1.807) is 0 Å². The molecule has 5 aliphatic rings. The molecule has 0 spiro atoms. The molecule has 55 heavy (non-hydrogen) atoms. The molecule has 0 amide bonds. The van der Waals surface area contributed by atoms with Crippen molar-refractivity contribution in [3.05, 3.63) is 101 Å². The molecule has 0 N–H and O–H groups in total. The molecule has 3 aromatic rings. The number of aromatic nitrogens is 2. The van der Waals surface area contributed by atoms with Crippen LogP contribution in [0.5, 0.6) is 0 Å². The van der Waals surface area contributed by atoms with Crippen LogP contribution in [0.3, 0.4) is 0 Å². The number of carbonyl (C=O) groups is 3. The molecule has 0 aliphatic heterocycles. The lowest BCUT2D eigenvalue weighted by atomic mass is 9.33. The molecule has 4 saturated carbocycles. The van der Waals surface area contributed by atoms with Crippen LogP contribution in [0.25, 0.3) is 0 Å². The molecule has 1 unspecified atom stereocenters. The van der Waals surface area contributed by atoms with Gasteiger partial charge in [0.15, 0.2) is 11.9 Å². The van der Waals surface area contributed by atoms with Gasteiger partial charge in [0, 0.05) is 17.8 Å². The highest BCUT2D eigenvalue weighted by Crippen LogP contribution is 2.76. The Morgan fingerprint density at radius 3 is 2.04 bits per heavy atom. The molecule has 4 fully saturated rings. The van der Waals surface area contributed by atoms with Gasteiger partial charge in [-0.3, -0.25) is 19.1 Å². The van der Waals surface area contributed by atoms with Gasteiger partial charge in [0.2, 0.25) is 0 Å². The number of aryl methyl sites for hydroxylation is 1. The van der Waals surface area contributed by atoms with Gasteiger partial charge in [0.1, 0.15) is 0 Å². The molecule has 8 rings (SSSR count). The minimum atomic E-state index is -0.834. The van der Waals surface area contributed by atoms with E-state index in [0.717, 1.165) is 68.2 Å². The van der Waals surface area contributed by atoms with Gasteiger partial charge in [0.25, 0.3) is 0 Å². The lowest BCUT2D eigenvalue weighted by Gasteiger charge is -2.70. The zero-order valence-electron chi connectivity index (χ0n) is 34.2. The lowest BCUT2D eigenvalue weighted by molar-refractivity contribution is -0.207. The van der Waals surface area contributed by atoms with Crippen LogP contribution in [0.1, 0.15) is 128 Å². The Kier molecular flexibility index (Phi) is 8.98. The van der Waals surface area contributed by atoms with Gasteiger partial charge in [-0.15, -0.1) is 0 Å². The second-order valence-corrected chi connectivity index (χ2v) is 19.6. The second-order valence-electron chi connectivity index (χ2n) is 19.6. The Labute approximate surface area is 327 Å². The number of carbonyl (C=O) groups excluding carboxylic acids is 3. The normalized spacial score (nSPS) is 39.5. The van der Waals surface area contributed by atoms with Crippen molar-refractivity contribution in [1.29, 1.82) is 0 Å². The van der Waals surface area contributed by atoms with Crippen LogP contribution in [0.15, 0.2) is 84.6 Å². The summed E-state index contributed by atoms with van der Waals surface area (Å²) in [5.41, 5.74) is 1.75. The topological polar surface area (TPSA) is 87.5 Å². The molecule has 5 aliphatic carbocycles. The molecule has 0 saturated heterocycles. The van der Waals surface area contributed by atoms with Crippen molar-refractivity contribution in [1.82, 2.24) is 9.78 Å². The molecule has 1 heterocycles. The molecule has 7 nitrogen and oxygen atoms in total. The maximum absolute atomic E-state index is 15.1. The van der Waals surface area contributed by atoms with E-state index in [9.17, 15) is 9.59 Å². The summed E-state index contributed by atoms with van der Waals surface area (Å²) in [4.78, 5) is 43.8. The molecule has 0 radical (unpaired) electrons. The number of hydrogen-bond acceptors (Lipinski definition) is 6. The first kappa shape index (κ1) is 37.9. The molecule has 10 atom stereocenters. The minimum absolute atomic E-state index is 0.00286. The zero-order chi connectivity index (χ0) is 39.2. The average Bonchev–Trinajstić information content (AvgIpc) is 3.60. The fourth-order valence-corrected chi connectivity index (χ4v) is 13.5. The number of methoxy groups -OCH3 is 1. The largest absolute Gasteiger partial charge is 0.469 e. The van der Waals surface area contributed by atoms with Crippen LogP contribution < -0.4 is 0 Å². The fraction of sp³-hybridized carbons (Fsp3) is 0.583. The number of esters is 2. The third kappa shape index (κ3) is 5.40. The van der Waals surface area contributed by atoms with Crippen LogP contribution in [0, 0.1) is 57.2 Å². The summed E-state index contributed by atoms with van der Waals surface area (Å²) >= 11 is 0. The standard InChI is InChI=1S/C48H60N2O5/c1-31-21-28-49-50(31)38-20-22-45(4)37(48(38,7)42(53)54-8)19-23-47(6)40(45)36(51)29-34-35-30-44(3,25-24-43(35,2)26-27-46(34,47)5)41(52)55-39(32-15-11-9-12-16-32)33-17-13-10-14-18-33/h9-18,21,28-29,35,37-40H,19-20,22-27,30H2,1-8H3/t35-,37+,38-,40?,43+,44-,45-,46+,47+,48-/m0/s1. The first-order chi connectivity index (χ1) is 26.1. The number of nitrogens with zero attached hydrogens (tertiary/aromatic N) is 2. The van der Waals surface area contributed by atoms with Gasteiger partial charge in [-0.2, -0.15) is 5.10 Å². The predicted molar refractivity (Wildman–Crippen MR) is 213 cm³/mol.